The van der Waals surface area contributed by atoms with E-state index in [0.29, 0.717) is 0 Å². The Morgan fingerprint density at radius 1 is 1.55 bits per heavy atom. The molecule has 11 heavy (non-hydrogen) atoms. The van der Waals surface area contributed by atoms with Crippen LogP contribution in [0, 0.1) is 0 Å². The maximum atomic E-state index is 10.5. The molecule has 66 valence electrons. The van der Waals surface area contributed by atoms with Crippen molar-refractivity contribution >= 4 is 15.8 Å². The maximum Gasteiger partial charge on any atom is 0.317 e. The summed E-state index contributed by atoms with van der Waals surface area (Å²) in [5.41, 5.74) is 0. The second kappa shape index (κ2) is 4.30. The number of hydrogen-bond acceptors (Lipinski definition) is 4. The highest BCUT2D eigenvalue weighted by molar-refractivity contribution is 7.90. The van der Waals surface area contributed by atoms with Gasteiger partial charge in [0.1, 0.15) is 9.84 Å². The summed E-state index contributed by atoms with van der Waals surface area (Å²) in [7, 11) is -2.98. The number of rotatable bonds is 5. The lowest BCUT2D eigenvalue weighted by molar-refractivity contribution is -0.135. The molecule has 0 heterocycles. The first-order valence-electron chi connectivity index (χ1n) is 3.02. The minimum atomic E-state index is -2.98. The first kappa shape index (κ1) is 10.4. The molecule has 0 aliphatic carbocycles. The Balaban J connectivity index is 3.37. The zero-order chi connectivity index (χ0) is 8.91. The molecule has 0 amide bonds. The third kappa shape index (κ3) is 9.38. The van der Waals surface area contributed by atoms with Crippen LogP contribution in [0.2, 0.25) is 0 Å². The average molecular weight is 181 g/mol. The Hall–Kier alpha value is -0.620. The minimum Gasteiger partial charge on any atom is -0.480 e. The van der Waals surface area contributed by atoms with Gasteiger partial charge < -0.3 is 10.4 Å². The SMILES string of the molecule is CS(=O)(=O)CCNCC(=O)O. The first-order valence-corrected chi connectivity index (χ1v) is 5.08. The van der Waals surface area contributed by atoms with Gasteiger partial charge in [-0.25, -0.2) is 8.42 Å². The zero-order valence-electron chi connectivity index (χ0n) is 6.20. The van der Waals surface area contributed by atoms with Crippen LogP contribution in [0.25, 0.3) is 0 Å². The smallest absolute Gasteiger partial charge is 0.317 e. The lowest BCUT2D eigenvalue weighted by Gasteiger charge is -1.98. The Kier molecular flexibility index (Phi) is 4.06. The van der Waals surface area contributed by atoms with E-state index in [1.807, 2.05) is 0 Å². The first-order chi connectivity index (χ1) is 4.92. The van der Waals surface area contributed by atoms with Gasteiger partial charge in [-0.1, -0.05) is 0 Å². The molecule has 0 aliphatic heterocycles. The molecule has 0 unspecified atom stereocenters. The van der Waals surface area contributed by atoms with Crippen LogP contribution in [0.1, 0.15) is 0 Å². The van der Waals surface area contributed by atoms with Crippen LogP contribution in [-0.2, 0) is 14.6 Å². The maximum absolute atomic E-state index is 10.5. The van der Waals surface area contributed by atoms with Crippen LogP contribution in [-0.4, -0.2) is 44.6 Å². The second-order valence-electron chi connectivity index (χ2n) is 2.20. The lowest BCUT2D eigenvalue weighted by atomic mass is 10.6. The number of nitrogens with one attached hydrogen (secondary N) is 1. The third-order valence-corrected chi connectivity index (χ3v) is 1.87. The number of carbonyl (C=O) groups is 1. The van der Waals surface area contributed by atoms with Crippen molar-refractivity contribution < 1.29 is 18.3 Å². The van der Waals surface area contributed by atoms with E-state index in [2.05, 4.69) is 5.32 Å². The lowest BCUT2D eigenvalue weighted by Crippen LogP contribution is -2.27. The van der Waals surface area contributed by atoms with Crippen molar-refractivity contribution in [2.75, 3.05) is 25.1 Å². The van der Waals surface area contributed by atoms with Crippen LogP contribution in [0.15, 0.2) is 0 Å². The summed E-state index contributed by atoms with van der Waals surface area (Å²) < 4.78 is 21.0. The van der Waals surface area contributed by atoms with Gasteiger partial charge >= 0.3 is 5.97 Å². The zero-order valence-corrected chi connectivity index (χ0v) is 7.02. The van der Waals surface area contributed by atoms with Crippen LogP contribution in [0.3, 0.4) is 0 Å². The average Bonchev–Trinajstić information content (AvgIpc) is 1.78. The summed E-state index contributed by atoms with van der Waals surface area (Å²) in [6.45, 7) is -0.0132. The monoisotopic (exact) mass is 181 g/mol. The summed E-state index contributed by atoms with van der Waals surface area (Å²) in [6.07, 6.45) is 1.11. The van der Waals surface area contributed by atoms with Gasteiger partial charge in [0.05, 0.1) is 12.3 Å². The Labute approximate surface area is 65.3 Å². The summed E-state index contributed by atoms with van der Waals surface area (Å²) in [4.78, 5) is 9.91. The number of carboxylic acids is 1. The molecule has 0 saturated carbocycles. The van der Waals surface area contributed by atoms with E-state index in [0.717, 1.165) is 6.26 Å². The van der Waals surface area contributed by atoms with E-state index in [1.54, 1.807) is 0 Å². The molecule has 0 atom stereocenters. The topological polar surface area (TPSA) is 83.5 Å². The number of sulfone groups is 1. The third-order valence-electron chi connectivity index (χ3n) is 0.926. The van der Waals surface area contributed by atoms with E-state index >= 15 is 0 Å². The van der Waals surface area contributed by atoms with Crippen LogP contribution in [0.4, 0.5) is 0 Å². The molecule has 5 nitrogen and oxygen atoms in total. The van der Waals surface area contributed by atoms with Crippen molar-refractivity contribution in [2.24, 2.45) is 0 Å². The van der Waals surface area contributed by atoms with Crippen molar-refractivity contribution in [3.63, 3.8) is 0 Å². The summed E-state index contributed by atoms with van der Waals surface area (Å²) in [5.74, 6) is -1.01. The van der Waals surface area contributed by atoms with Crippen molar-refractivity contribution in [3.8, 4) is 0 Å². The molecule has 0 fully saturated rings. The molecule has 0 aromatic carbocycles. The highest BCUT2D eigenvalue weighted by Crippen LogP contribution is 1.78. The van der Waals surface area contributed by atoms with E-state index in [4.69, 9.17) is 5.11 Å². The molecule has 0 rings (SSSR count). The minimum absolute atomic E-state index is 0.0275. The molecule has 0 saturated heterocycles. The Bertz CT molecular complexity index is 221. The van der Waals surface area contributed by atoms with Gasteiger partial charge in [-0.05, 0) is 0 Å². The van der Waals surface area contributed by atoms with Crippen molar-refractivity contribution in [2.45, 2.75) is 0 Å². The van der Waals surface area contributed by atoms with Gasteiger partial charge in [-0.2, -0.15) is 0 Å². The van der Waals surface area contributed by atoms with Crippen LogP contribution < -0.4 is 5.32 Å². The van der Waals surface area contributed by atoms with E-state index in [9.17, 15) is 13.2 Å². The van der Waals surface area contributed by atoms with Crippen molar-refractivity contribution in [1.82, 2.24) is 5.32 Å². The Morgan fingerprint density at radius 2 is 2.09 bits per heavy atom. The summed E-state index contributed by atoms with van der Waals surface area (Å²) in [6, 6.07) is 0. The molecule has 0 aliphatic rings. The van der Waals surface area contributed by atoms with E-state index < -0.39 is 15.8 Å². The van der Waals surface area contributed by atoms with Crippen LogP contribution >= 0.6 is 0 Å². The molecule has 6 heteroatoms. The Morgan fingerprint density at radius 3 is 2.45 bits per heavy atom. The molecule has 0 aromatic rings. The predicted molar refractivity (Wildman–Crippen MR) is 40.2 cm³/mol. The highest BCUT2D eigenvalue weighted by atomic mass is 32.2. The number of carboxylic acid groups (broad SMARTS) is 1. The molecule has 0 aromatic heterocycles. The van der Waals surface area contributed by atoms with Gasteiger partial charge in [-0.3, -0.25) is 4.79 Å². The fourth-order valence-electron chi connectivity index (χ4n) is 0.453. The van der Waals surface area contributed by atoms with E-state index in [1.165, 1.54) is 0 Å². The highest BCUT2D eigenvalue weighted by Gasteiger charge is 2.01. The van der Waals surface area contributed by atoms with Crippen molar-refractivity contribution in [1.29, 1.82) is 0 Å². The normalized spacial score (nSPS) is 11.4. The van der Waals surface area contributed by atoms with Crippen molar-refractivity contribution in [3.05, 3.63) is 0 Å². The fourth-order valence-corrected chi connectivity index (χ4v) is 0.968. The quantitative estimate of drug-likeness (QED) is 0.515. The van der Waals surface area contributed by atoms with Gasteiger partial charge in [0.25, 0.3) is 0 Å². The van der Waals surface area contributed by atoms with Gasteiger partial charge in [-0.15, -0.1) is 0 Å². The fraction of sp³-hybridized carbons (Fsp3) is 0.800. The van der Waals surface area contributed by atoms with Gasteiger partial charge in [0, 0.05) is 12.8 Å². The number of aliphatic carboxylic acids is 1. The molecule has 0 spiro atoms. The van der Waals surface area contributed by atoms with E-state index in [-0.39, 0.29) is 18.8 Å². The standard InChI is InChI=1S/C5H11NO4S/c1-11(9,10)3-2-6-4-5(7)8/h6H,2-4H2,1H3,(H,7,8). The van der Waals surface area contributed by atoms with Crippen LogP contribution in [0.5, 0.6) is 0 Å². The molecule has 0 radical (unpaired) electrons. The molecular weight excluding hydrogens is 170 g/mol. The van der Waals surface area contributed by atoms with Gasteiger partial charge in [0.2, 0.25) is 0 Å². The van der Waals surface area contributed by atoms with Gasteiger partial charge in [0.15, 0.2) is 0 Å². The summed E-state index contributed by atoms with van der Waals surface area (Å²) in [5, 5.41) is 10.6. The molecule has 0 bridgehead atoms. The number of hydrogen-bond donors (Lipinski definition) is 2. The molecular formula is C5H11NO4S. The molecule has 2 N–H and O–H groups in total. The second-order valence-corrected chi connectivity index (χ2v) is 4.46. The largest absolute Gasteiger partial charge is 0.480 e. The summed E-state index contributed by atoms with van der Waals surface area (Å²) >= 11 is 0. The predicted octanol–water partition coefficient (Wildman–Crippen LogP) is -1.29.